The van der Waals surface area contributed by atoms with Crippen molar-refractivity contribution in [2.45, 2.75) is 6.61 Å². The van der Waals surface area contributed by atoms with E-state index in [2.05, 4.69) is 5.32 Å². The summed E-state index contributed by atoms with van der Waals surface area (Å²) in [5.74, 6) is -0.336. The molecule has 0 radical (unpaired) electrons. The Balaban J connectivity index is 2.28. The minimum atomic E-state index is -0.336. The molecule has 4 nitrogen and oxygen atoms in total. The molecule has 0 saturated carbocycles. The summed E-state index contributed by atoms with van der Waals surface area (Å²) in [4.78, 5) is 12.1. The van der Waals surface area contributed by atoms with E-state index in [4.69, 9.17) is 23.2 Å². The van der Waals surface area contributed by atoms with E-state index >= 15 is 0 Å². The van der Waals surface area contributed by atoms with Crippen LogP contribution in [-0.2, 0) is 13.7 Å². The highest BCUT2D eigenvalue weighted by atomic mass is 35.5. The summed E-state index contributed by atoms with van der Waals surface area (Å²) in [7, 11) is 1.65. The largest absolute Gasteiger partial charge is 0.392 e. The predicted octanol–water partition coefficient (Wildman–Crippen LogP) is 3.08. The zero-order chi connectivity index (χ0) is 14.0. The van der Waals surface area contributed by atoms with E-state index in [0.717, 1.165) is 0 Å². The second-order valence-corrected chi connectivity index (χ2v) is 4.76. The van der Waals surface area contributed by atoms with Gasteiger partial charge in [-0.15, -0.1) is 0 Å². The summed E-state index contributed by atoms with van der Waals surface area (Å²) in [6.45, 7) is -0.148. The molecule has 0 aliphatic carbocycles. The van der Waals surface area contributed by atoms with Crippen molar-refractivity contribution >= 4 is 34.8 Å². The molecule has 0 aliphatic heterocycles. The van der Waals surface area contributed by atoms with Crippen molar-refractivity contribution in [3.05, 3.63) is 51.8 Å². The number of aliphatic hydroxyl groups excluding tert-OH is 1. The Morgan fingerprint density at radius 1 is 1.37 bits per heavy atom. The minimum absolute atomic E-state index is 0.148. The van der Waals surface area contributed by atoms with Crippen LogP contribution in [-0.4, -0.2) is 15.6 Å². The molecule has 6 heteroatoms. The quantitative estimate of drug-likeness (QED) is 0.915. The van der Waals surface area contributed by atoms with Gasteiger partial charge in [0, 0.05) is 18.3 Å². The Kier molecular flexibility index (Phi) is 4.14. The van der Waals surface area contributed by atoms with Crippen LogP contribution >= 0.6 is 23.2 Å². The van der Waals surface area contributed by atoms with Crippen LogP contribution in [0.4, 0.5) is 5.69 Å². The van der Waals surface area contributed by atoms with Crippen molar-refractivity contribution in [2.75, 3.05) is 5.32 Å². The summed E-state index contributed by atoms with van der Waals surface area (Å²) >= 11 is 11.8. The summed E-state index contributed by atoms with van der Waals surface area (Å²) in [5, 5.41) is 12.6. The fourth-order valence-corrected chi connectivity index (χ4v) is 2.10. The van der Waals surface area contributed by atoms with Gasteiger partial charge in [-0.2, -0.15) is 0 Å². The molecular formula is C13H12Cl2N2O2. The molecule has 0 saturated heterocycles. The molecule has 19 heavy (non-hydrogen) atoms. The number of hydrogen-bond donors (Lipinski definition) is 2. The Morgan fingerprint density at radius 2 is 2.05 bits per heavy atom. The van der Waals surface area contributed by atoms with E-state index in [1.165, 1.54) is 10.6 Å². The topological polar surface area (TPSA) is 54.3 Å². The molecule has 2 N–H and O–H groups in total. The van der Waals surface area contributed by atoms with Crippen LogP contribution in [0.15, 0.2) is 30.3 Å². The number of nitrogens with one attached hydrogen (secondary N) is 1. The van der Waals surface area contributed by atoms with Gasteiger partial charge in [-0.25, -0.2) is 0 Å². The average molecular weight is 299 g/mol. The monoisotopic (exact) mass is 298 g/mol. The number of anilines is 1. The third-order valence-corrected chi connectivity index (χ3v) is 3.63. The lowest BCUT2D eigenvalue weighted by Gasteiger charge is -2.09. The molecule has 0 spiro atoms. The standard InChI is InChI=1S/C13H12Cl2N2O2/c1-17-11(6-9(14)12(17)15)13(19)16-10-5-3-2-4-8(10)7-18/h2-6,18H,7H2,1H3,(H,16,19). The van der Waals surface area contributed by atoms with Crippen LogP contribution in [0.25, 0.3) is 0 Å². The molecule has 2 rings (SSSR count). The van der Waals surface area contributed by atoms with Gasteiger partial charge in [0.05, 0.1) is 11.6 Å². The van der Waals surface area contributed by atoms with Crippen LogP contribution < -0.4 is 5.32 Å². The molecule has 0 atom stereocenters. The number of para-hydroxylation sites is 1. The highest BCUT2D eigenvalue weighted by Crippen LogP contribution is 2.26. The van der Waals surface area contributed by atoms with Gasteiger partial charge < -0.3 is 15.0 Å². The third kappa shape index (κ3) is 2.76. The second kappa shape index (κ2) is 5.65. The van der Waals surface area contributed by atoms with E-state index in [1.54, 1.807) is 31.3 Å². The molecule has 0 aliphatic rings. The van der Waals surface area contributed by atoms with E-state index in [0.29, 0.717) is 27.1 Å². The minimum Gasteiger partial charge on any atom is -0.392 e. The average Bonchev–Trinajstić information content (AvgIpc) is 2.67. The van der Waals surface area contributed by atoms with Crippen molar-refractivity contribution < 1.29 is 9.90 Å². The van der Waals surface area contributed by atoms with Crippen LogP contribution in [0.5, 0.6) is 0 Å². The number of carbonyl (C=O) groups is 1. The molecule has 1 heterocycles. The summed E-state index contributed by atoms with van der Waals surface area (Å²) < 4.78 is 1.50. The van der Waals surface area contributed by atoms with Crippen molar-refractivity contribution in [2.24, 2.45) is 7.05 Å². The Labute approximate surface area is 120 Å². The summed E-state index contributed by atoms with van der Waals surface area (Å²) in [6.07, 6.45) is 0. The number of aromatic nitrogens is 1. The van der Waals surface area contributed by atoms with Gasteiger partial charge in [-0.1, -0.05) is 41.4 Å². The van der Waals surface area contributed by atoms with Crippen molar-refractivity contribution in [1.82, 2.24) is 4.57 Å². The summed E-state index contributed by atoms with van der Waals surface area (Å²) in [6, 6.07) is 8.52. The maximum atomic E-state index is 12.1. The fourth-order valence-electron chi connectivity index (χ4n) is 1.73. The first-order valence-electron chi connectivity index (χ1n) is 5.55. The van der Waals surface area contributed by atoms with Crippen molar-refractivity contribution in [3.63, 3.8) is 0 Å². The molecular weight excluding hydrogens is 287 g/mol. The van der Waals surface area contributed by atoms with E-state index in [-0.39, 0.29) is 12.5 Å². The highest BCUT2D eigenvalue weighted by Gasteiger charge is 2.16. The molecule has 100 valence electrons. The van der Waals surface area contributed by atoms with E-state index < -0.39 is 0 Å². The third-order valence-electron chi connectivity index (χ3n) is 2.78. The lowest BCUT2D eigenvalue weighted by molar-refractivity contribution is 0.101. The molecule has 1 aromatic heterocycles. The first-order chi connectivity index (χ1) is 9.04. The first-order valence-corrected chi connectivity index (χ1v) is 6.31. The number of hydrogen-bond acceptors (Lipinski definition) is 2. The van der Waals surface area contributed by atoms with Crippen LogP contribution in [0.1, 0.15) is 16.1 Å². The van der Waals surface area contributed by atoms with Gasteiger partial charge in [0.25, 0.3) is 5.91 Å². The predicted molar refractivity (Wildman–Crippen MR) is 75.8 cm³/mol. The molecule has 0 fully saturated rings. The first kappa shape index (κ1) is 13.9. The van der Waals surface area contributed by atoms with Crippen LogP contribution in [0, 0.1) is 0 Å². The molecule has 2 aromatic rings. The van der Waals surface area contributed by atoms with Crippen LogP contribution in [0.3, 0.4) is 0 Å². The normalized spacial score (nSPS) is 10.5. The Morgan fingerprint density at radius 3 is 2.63 bits per heavy atom. The SMILES string of the molecule is Cn1c(C(=O)Nc2ccccc2CO)cc(Cl)c1Cl. The van der Waals surface area contributed by atoms with Gasteiger partial charge in [0.2, 0.25) is 0 Å². The van der Waals surface area contributed by atoms with Gasteiger partial charge in [-0.3, -0.25) is 4.79 Å². The summed E-state index contributed by atoms with van der Waals surface area (Å²) in [5.41, 5.74) is 1.55. The van der Waals surface area contributed by atoms with Crippen LogP contribution in [0.2, 0.25) is 10.2 Å². The van der Waals surface area contributed by atoms with Gasteiger partial charge in [-0.05, 0) is 12.1 Å². The Bertz CT molecular complexity index is 623. The Hall–Kier alpha value is -1.49. The van der Waals surface area contributed by atoms with Gasteiger partial charge in [0.1, 0.15) is 10.8 Å². The van der Waals surface area contributed by atoms with Crippen molar-refractivity contribution in [3.8, 4) is 0 Å². The van der Waals surface area contributed by atoms with E-state index in [1.807, 2.05) is 0 Å². The fraction of sp³-hybridized carbons (Fsp3) is 0.154. The number of nitrogens with zero attached hydrogens (tertiary/aromatic N) is 1. The second-order valence-electron chi connectivity index (χ2n) is 4.00. The van der Waals surface area contributed by atoms with Gasteiger partial charge >= 0.3 is 0 Å². The lowest BCUT2D eigenvalue weighted by atomic mass is 10.2. The maximum Gasteiger partial charge on any atom is 0.272 e. The lowest BCUT2D eigenvalue weighted by Crippen LogP contribution is -2.16. The van der Waals surface area contributed by atoms with Crippen molar-refractivity contribution in [1.29, 1.82) is 0 Å². The molecule has 0 bridgehead atoms. The smallest absolute Gasteiger partial charge is 0.272 e. The zero-order valence-electron chi connectivity index (χ0n) is 10.2. The number of aliphatic hydroxyl groups is 1. The zero-order valence-corrected chi connectivity index (χ0v) is 11.7. The highest BCUT2D eigenvalue weighted by molar-refractivity contribution is 6.42. The molecule has 0 unspecified atom stereocenters. The molecule has 1 amide bonds. The number of rotatable bonds is 3. The maximum absolute atomic E-state index is 12.1. The number of benzene rings is 1. The number of amides is 1. The van der Waals surface area contributed by atoms with Gasteiger partial charge in [0.15, 0.2) is 0 Å². The molecule has 1 aromatic carbocycles. The van der Waals surface area contributed by atoms with E-state index in [9.17, 15) is 9.90 Å². The number of halogens is 2. The number of carbonyl (C=O) groups excluding carboxylic acids is 1.